The lowest BCUT2D eigenvalue weighted by atomic mass is 10.1. The summed E-state index contributed by atoms with van der Waals surface area (Å²) in [5, 5.41) is 0. The van der Waals surface area contributed by atoms with E-state index in [1.54, 1.807) is 43.0 Å². The molecule has 0 saturated carbocycles. The standard InChI is InChI=1S/C21H22N2O5/c1-12-19(14(3)24)13(2)22-20(12)17(25)11-28-21(27)15-6-8-16(9-7-15)23-10-4-5-18(23)26/h6-9,22H,4-5,10-11H2,1-3H3. The number of aromatic amines is 1. The van der Waals surface area contributed by atoms with E-state index in [9.17, 15) is 19.2 Å². The zero-order valence-corrected chi connectivity index (χ0v) is 16.1. The molecule has 0 aliphatic carbocycles. The van der Waals surface area contributed by atoms with Gasteiger partial charge in [0.15, 0.2) is 12.4 Å². The van der Waals surface area contributed by atoms with Crippen molar-refractivity contribution in [2.75, 3.05) is 18.1 Å². The van der Waals surface area contributed by atoms with Crippen molar-refractivity contribution in [1.29, 1.82) is 0 Å². The summed E-state index contributed by atoms with van der Waals surface area (Å²) in [5.74, 6) is -1.08. The van der Waals surface area contributed by atoms with Gasteiger partial charge in [-0.05, 0) is 57.0 Å². The molecule has 1 aromatic heterocycles. The van der Waals surface area contributed by atoms with Gasteiger partial charge in [0.2, 0.25) is 11.7 Å². The third kappa shape index (κ3) is 3.74. The molecule has 7 heteroatoms. The number of anilines is 1. The highest BCUT2D eigenvalue weighted by Crippen LogP contribution is 2.22. The van der Waals surface area contributed by atoms with Crippen LogP contribution in [0.25, 0.3) is 0 Å². The third-order valence-electron chi connectivity index (χ3n) is 4.89. The minimum Gasteiger partial charge on any atom is -0.454 e. The Hall–Kier alpha value is -3.22. The molecule has 0 spiro atoms. The van der Waals surface area contributed by atoms with E-state index >= 15 is 0 Å². The van der Waals surface area contributed by atoms with Crippen molar-refractivity contribution in [3.05, 3.63) is 52.3 Å². The van der Waals surface area contributed by atoms with E-state index in [0.29, 0.717) is 35.3 Å². The molecule has 1 fully saturated rings. The van der Waals surface area contributed by atoms with E-state index in [1.807, 2.05) is 0 Å². The molecular formula is C21H22N2O5. The van der Waals surface area contributed by atoms with Gasteiger partial charge in [0, 0.05) is 29.9 Å². The number of benzene rings is 1. The Bertz CT molecular complexity index is 956. The van der Waals surface area contributed by atoms with Crippen molar-refractivity contribution in [3.63, 3.8) is 0 Å². The molecule has 146 valence electrons. The maximum Gasteiger partial charge on any atom is 0.338 e. The van der Waals surface area contributed by atoms with Crippen LogP contribution in [0.5, 0.6) is 0 Å². The van der Waals surface area contributed by atoms with Gasteiger partial charge in [0.05, 0.1) is 11.3 Å². The van der Waals surface area contributed by atoms with Crippen molar-refractivity contribution in [2.24, 2.45) is 0 Å². The van der Waals surface area contributed by atoms with Crippen LogP contribution in [0.4, 0.5) is 5.69 Å². The summed E-state index contributed by atoms with van der Waals surface area (Å²) in [6, 6.07) is 6.54. The Morgan fingerprint density at radius 2 is 1.82 bits per heavy atom. The van der Waals surface area contributed by atoms with Crippen LogP contribution in [-0.2, 0) is 9.53 Å². The zero-order valence-electron chi connectivity index (χ0n) is 16.1. The number of aryl methyl sites for hydroxylation is 1. The van der Waals surface area contributed by atoms with Gasteiger partial charge in [-0.1, -0.05) is 0 Å². The highest BCUT2D eigenvalue weighted by molar-refractivity contribution is 6.04. The van der Waals surface area contributed by atoms with Gasteiger partial charge in [-0.15, -0.1) is 0 Å². The molecule has 2 aromatic rings. The van der Waals surface area contributed by atoms with Crippen LogP contribution in [-0.4, -0.2) is 41.6 Å². The average Bonchev–Trinajstić information content (AvgIpc) is 3.22. The maximum atomic E-state index is 12.4. The van der Waals surface area contributed by atoms with E-state index in [0.717, 1.165) is 12.1 Å². The average molecular weight is 382 g/mol. The van der Waals surface area contributed by atoms with E-state index in [-0.39, 0.29) is 17.4 Å². The molecule has 1 amide bonds. The number of H-pyrrole nitrogens is 1. The van der Waals surface area contributed by atoms with Gasteiger partial charge < -0.3 is 14.6 Å². The Balaban J connectivity index is 1.64. The highest BCUT2D eigenvalue weighted by Gasteiger charge is 2.23. The number of carbonyl (C=O) groups is 4. The number of ether oxygens (including phenoxy) is 1. The van der Waals surface area contributed by atoms with Crippen LogP contribution in [0, 0.1) is 13.8 Å². The lowest BCUT2D eigenvalue weighted by Crippen LogP contribution is -2.23. The minimum atomic E-state index is -0.625. The van der Waals surface area contributed by atoms with Gasteiger partial charge >= 0.3 is 5.97 Å². The Labute approximate surface area is 162 Å². The third-order valence-corrected chi connectivity index (χ3v) is 4.89. The SMILES string of the molecule is CC(=O)c1c(C)[nH]c(C(=O)COC(=O)c2ccc(N3CCCC3=O)cc2)c1C. The van der Waals surface area contributed by atoms with Crippen LogP contribution >= 0.6 is 0 Å². The summed E-state index contributed by atoms with van der Waals surface area (Å²) in [6.45, 7) is 5.10. The lowest BCUT2D eigenvalue weighted by Gasteiger charge is -2.15. The first-order chi connectivity index (χ1) is 13.3. The smallest absolute Gasteiger partial charge is 0.338 e. The second-order valence-corrected chi connectivity index (χ2v) is 6.88. The first kappa shape index (κ1) is 19.5. The molecule has 3 rings (SSSR count). The van der Waals surface area contributed by atoms with E-state index in [4.69, 9.17) is 4.74 Å². The molecule has 1 aliphatic rings. The van der Waals surface area contributed by atoms with Crippen molar-refractivity contribution >= 4 is 29.1 Å². The van der Waals surface area contributed by atoms with Crippen molar-refractivity contribution < 1.29 is 23.9 Å². The fraction of sp³-hybridized carbons (Fsp3) is 0.333. The van der Waals surface area contributed by atoms with Crippen LogP contribution in [0.3, 0.4) is 0 Å². The van der Waals surface area contributed by atoms with Crippen LogP contribution < -0.4 is 4.90 Å². The number of Topliss-reactive ketones (excluding diaryl/α,β-unsaturated/α-hetero) is 2. The number of nitrogens with zero attached hydrogens (tertiary/aromatic N) is 1. The number of hydrogen-bond donors (Lipinski definition) is 1. The monoisotopic (exact) mass is 382 g/mol. The van der Waals surface area contributed by atoms with E-state index in [2.05, 4.69) is 4.98 Å². The molecule has 0 unspecified atom stereocenters. The molecule has 28 heavy (non-hydrogen) atoms. The number of rotatable bonds is 6. The second kappa shape index (κ2) is 7.80. The van der Waals surface area contributed by atoms with Gasteiger partial charge in [-0.25, -0.2) is 4.79 Å². The van der Waals surface area contributed by atoms with Gasteiger partial charge in [-0.3, -0.25) is 14.4 Å². The summed E-state index contributed by atoms with van der Waals surface area (Å²) in [4.78, 5) is 52.6. The largest absolute Gasteiger partial charge is 0.454 e. The summed E-state index contributed by atoms with van der Waals surface area (Å²) < 4.78 is 5.12. The summed E-state index contributed by atoms with van der Waals surface area (Å²) in [7, 11) is 0. The Morgan fingerprint density at radius 3 is 2.36 bits per heavy atom. The number of aromatic nitrogens is 1. The molecule has 7 nitrogen and oxygen atoms in total. The van der Waals surface area contributed by atoms with Gasteiger partial charge in [0.25, 0.3) is 0 Å². The molecule has 0 bridgehead atoms. The van der Waals surface area contributed by atoms with E-state index < -0.39 is 18.4 Å². The van der Waals surface area contributed by atoms with Crippen LogP contribution in [0.15, 0.2) is 24.3 Å². The minimum absolute atomic E-state index is 0.0717. The predicted octanol–water partition coefficient (Wildman–Crippen LogP) is 3.00. The molecule has 1 saturated heterocycles. The maximum absolute atomic E-state index is 12.4. The van der Waals surface area contributed by atoms with Crippen molar-refractivity contribution in [2.45, 2.75) is 33.6 Å². The Kier molecular flexibility index (Phi) is 5.44. The van der Waals surface area contributed by atoms with Crippen LogP contribution in [0.2, 0.25) is 0 Å². The highest BCUT2D eigenvalue weighted by atomic mass is 16.5. The predicted molar refractivity (Wildman–Crippen MR) is 103 cm³/mol. The number of ketones is 2. The summed E-state index contributed by atoms with van der Waals surface area (Å²) in [5.41, 5.74) is 2.98. The number of nitrogens with one attached hydrogen (secondary N) is 1. The second-order valence-electron chi connectivity index (χ2n) is 6.88. The molecule has 1 N–H and O–H groups in total. The fourth-order valence-electron chi connectivity index (χ4n) is 3.54. The van der Waals surface area contributed by atoms with Crippen molar-refractivity contribution in [1.82, 2.24) is 4.98 Å². The number of hydrogen-bond acceptors (Lipinski definition) is 5. The fourth-order valence-corrected chi connectivity index (χ4v) is 3.54. The normalized spacial score (nSPS) is 13.7. The first-order valence-corrected chi connectivity index (χ1v) is 9.10. The lowest BCUT2D eigenvalue weighted by molar-refractivity contribution is -0.117. The molecule has 0 atom stereocenters. The summed E-state index contributed by atoms with van der Waals surface area (Å²) in [6.07, 6.45) is 1.36. The first-order valence-electron chi connectivity index (χ1n) is 9.10. The Morgan fingerprint density at radius 1 is 1.14 bits per heavy atom. The summed E-state index contributed by atoms with van der Waals surface area (Å²) >= 11 is 0. The number of amides is 1. The van der Waals surface area contributed by atoms with E-state index in [1.165, 1.54) is 6.92 Å². The molecule has 1 aliphatic heterocycles. The van der Waals surface area contributed by atoms with Gasteiger partial charge in [0.1, 0.15) is 0 Å². The quantitative estimate of drug-likeness (QED) is 0.612. The number of esters is 1. The van der Waals surface area contributed by atoms with Crippen molar-refractivity contribution in [3.8, 4) is 0 Å². The van der Waals surface area contributed by atoms with Gasteiger partial charge in [-0.2, -0.15) is 0 Å². The number of carbonyl (C=O) groups excluding carboxylic acids is 4. The topological polar surface area (TPSA) is 96.5 Å². The zero-order chi connectivity index (χ0) is 20.4. The molecule has 2 heterocycles. The van der Waals surface area contributed by atoms with Crippen LogP contribution in [0.1, 0.15) is 62.2 Å². The molecule has 1 aromatic carbocycles. The molecule has 0 radical (unpaired) electrons. The molecular weight excluding hydrogens is 360 g/mol.